The zero-order valence-corrected chi connectivity index (χ0v) is 21.4. The van der Waals surface area contributed by atoms with Crippen molar-refractivity contribution in [1.29, 1.82) is 0 Å². The number of rotatable bonds is 14. The summed E-state index contributed by atoms with van der Waals surface area (Å²) in [5, 5.41) is 1.44. The van der Waals surface area contributed by atoms with E-state index in [0.717, 1.165) is 29.6 Å². The molecule has 0 spiro atoms. The molecule has 1 unspecified atom stereocenters. The molecule has 0 aromatic heterocycles. The van der Waals surface area contributed by atoms with Crippen LogP contribution in [0.5, 0.6) is 0 Å². The molecular weight excluding hydrogens is 481 g/mol. The van der Waals surface area contributed by atoms with Gasteiger partial charge < -0.3 is 24.8 Å². The van der Waals surface area contributed by atoms with Gasteiger partial charge in [-0.25, -0.2) is 0 Å². The first-order valence-corrected chi connectivity index (χ1v) is 12.7. The molecule has 9 heteroatoms. The van der Waals surface area contributed by atoms with E-state index in [2.05, 4.69) is 47.0 Å². The van der Waals surface area contributed by atoms with Crippen molar-refractivity contribution in [2.45, 2.75) is 17.4 Å². The van der Waals surface area contributed by atoms with Crippen LogP contribution in [0.1, 0.15) is 22.6 Å². The number of ether oxygens (including phenoxy) is 3. The Balaban J connectivity index is 1.38. The lowest BCUT2D eigenvalue weighted by Crippen LogP contribution is -2.31. The van der Waals surface area contributed by atoms with Crippen molar-refractivity contribution in [3.8, 4) is 0 Å². The Labute approximate surface area is 211 Å². The van der Waals surface area contributed by atoms with Crippen LogP contribution < -0.4 is 10.5 Å². The highest BCUT2D eigenvalue weighted by atomic mass is 35.5. The molecule has 0 fully saturated rings. The second-order valence-electron chi connectivity index (χ2n) is 7.90. The highest BCUT2D eigenvalue weighted by molar-refractivity contribution is 7.97. The van der Waals surface area contributed by atoms with Crippen LogP contribution in [0.3, 0.4) is 0 Å². The summed E-state index contributed by atoms with van der Waals surface area (Å²) in [5.74, 6) is 0.254. The minimum Gasteiger partial charge on any atom is -0.378 e. The smallest absolute Gasteiger partial charge is 0.0701 e. The second-order valence-corrected chi connectivity index (χ2v) is 9.70. The van der Waals surface area contributed by atoms with Crippen LogP contribution in [0.25, 0.3) is 0 Å². The standard InChI is InChI=1S/C24H33Cl2N3O3S/c1-29-16-22(21-14-19(25)15-24(26)23(21)17-29)18-2-4-20(5-3-18)33-28-7-9-31-11-13-32-12-10-30-8-6-27/h2-5,14-15,22,28H,6-13,16-17,27H2,1H3. The van der Waals surface area contributed by atoms with Crippen LogP contribution in [-0.4, -0.2) is 71.2 Å². The fourth-order valence-electron chi connectivity index (χ4n) is 3.77. The van der Waals surface area contributed by atoms with Crippen molar-refractivity contribution in [2.24, 2.45) is 5.73 Å². The van der Waals surface area contributed by atoms with Crippen LogP contribution in [0, 0.1) is 0 Å². The van der Waals surface area contributed by atoms with Gasteiger partial charge >= 0.3 is 0 Å². The first-order valence-electron chi connectivity index (χ1n) is 11.2. The molecule has 0 saturated heterocycles. The molecule has 182 valence electrons. The molecule has 6 nitrogen and oxygen atoms in total. The summed E-state index contributed by atoms with van der Waals surface area (Å²) >= 11 is 14.4. The average molecular weight is 515 g/mol. The van der Waals surface area contributed by atoms with Gasteiger partial charge in [0.2, 0.25) is 0 Å². The third-order valence-corrected chi connectivity index (χ3v) is 6.73. The van der Waals surface area contributed by atoms with Gasteiger partial charge in [-0.3, -0.25) is 4.72 Å². The number of halogens is 2. The zero-order chi connectivity index (χ0) is 23.5. The fourth-order valence-corrected chi connectivity index (χ4v) is 4.97. The van der Waals surface area contributed by atoms with E-state index in [1.54, 1.807) is 11.9 Å². The van der Waals surface area contributed by atoms with Crippen LogP contribution in [0.4, 0.5) is 0 Å². The number of hydrogen-bond acceptors (Lipinski definition) is 7. The summed E-state index contributed by atoms with van der Waals surface area (Å²) in [6, 6.07) is 12.6. The van der Waals surface area contributed by atoms with Gasteiger partial charge in [-0.2, -0.15) is 0 Å². The predicted molar refractivity (Wildman–Crippen MR) is 136 cm³/mol. The maximum Gasteiger partial charge on any atom is 0.0701 e. The van der Waals surface area contributed by atoms with Crippen LogP contribution in [0.2, 0.25) is 10.0 Å². The van der Waals surface area contributed by atoms with Crippen molar-refractivity contribution < 1.29 is 14.2 Å². The van der Waals surface area contributed by atoms with Crippen LogP contribution in [-0.2, 0) is 20.8 Å². The molecule has 0 amide bonds. The molecule has 1 heterocycles. The maximum absolute atomic E-state index is 6.48. The normalized spacial score (nSPS) is 16.2. The fraction of sp³-hybridized carbons (Fsp3) is 0.500. The highest BCUT2D eigenvalue weighted by Crippen LogP contribution is 2.38. The lowest BCUT2D eigenvalue weighted by Gasteiger charge is -2.33. The number of hydrogen-bond donors (Lipinski definition) is 2. The first kappa shape index (κ1) is 26.7. The van der Waals surface area contributed by atoms with E-state index < -0.39 is 0 Å². The van der Waals surface area contributed by atoms with Crippen molar-refractivity contribution in [2.75, 3.05) is 66.3 Å². The third-order valence-electron chi connectivity index (χ3n) is 5.32. The average Bonchev–Trinajstić information content (AvgIpc) is 2.80. The molecule has 2 aromatic carbocycles. The summed E-state index contributed by atoms with van der Waals surface area (Å²) in [7, 11) is 2.13. The Hall–Kier alpha value is -0.870. The number of nitrogens with two attached hydrogens (primary N) is 1. The van der Waals surface area contributed by atoms with Gasteiger partial charge in [0.15, 0.2) is 0 Å². The molecule has 1 aliphatic heterocycles. The number of likely N-dealkylation sites (N-methyl/N-ethyl adjacent to an activating group) is 1. The van der Waals surface area contributed by atoms with E-state index in [0.29, 0.717) is 51.2 Å². The van der Waals surface area contributed by atoms with Crippen LogP contribution >= 0.6 is 35.1 Å². The molecule has 0 aliphatic carbocycles. The van der Waals surface area contributed by atoms with E-state index in [1.165, 1.54) is 16.7 Å². The monoisotopic (exact) mass is 513 g/mol. The number of nitrogens with one attached hydrogen (secondary N) is 1. The summed E-state index contributed by atoms with van der Waals surface area (Å²) in [6.07, 6.45) is 0. The SMILES string of the molecule is CN1Cc2c(Cl)cc(Cl)cc2C(c2ccc(SNCCOCCOCCOCCN)cc2)C1. The topological polar surface area (TPSA) is 69.0 Å². The predicted octanol–water partition coefficient (Wildman–Crippen LogP) is 4.18. The molecule has 1 aliphatic rings. The minimum atomic E-state index is 0.254. The van der Waals surface area contributed by atoms with Gasteiger partial charge in [0.1, 0.15) is 0 Å². The molecule has 2 aromatic rings. The van der Waals surface area contributed by atoms with Gasteiger partial charge in [-0.15, -0.1) is 0 Å². The lowest BCUT2D eigenvalue weighted by atomic mass is 9.85. The third kappa shape index (κ3) is 8.69. The largest absolute Gasteiger partial charge is 0.378 e. The summed E-state index contributed by atoms with van der Waals surface area (Å²) in [6.45, 7) is 6.55. The quantitative estimate of drug-likeness (QED) is 0.290. The number of fused-ring (bicyclic) bond motifs is 1. The molecule has 1 atom stereocenters. The van der Waals surface area contributed by atoms with E-state index in [9.17, 15) is 0 Å². The minimum absolute atomic E-state index is 0.254. The summed E-state index contributed by atoms with van der Waals surface area (Å²) in [4.78, 5) is 3.46. The van der Waals surface area contributed by atoms with E-state index in [-0.39, 0.29) is 5.92 Å². The lowest BCUT2D eigenvalue weighted by molar-refractivity contribution is 0.0172. The van der Waals surface area contributed by atoms with E-state index >= 15 is 0 Å². The van der Waals surface area contributed by atoms with Crippen molar-refractivity contribution >= 4 is 35.1 Å². The summed E-state index contributed by atoms with van der Waals surface area (Å²) < 4.78 is 19.6. The Morgan fingerprint density at radius 3 is 2.36 bits per heavy atom. The van der Waals surface area contributed by atoms with Gasteiger partial charge in [-0.05, 0) is 60.0 Å². The second kappa shape index (κ2) is 14.5. The van der Waals surface area contributed by atoms with Crippen molar-refractivity contribution in [3.63, 3.8) is 0 Å². The van der Waals surface area contributed by atoms with Gasteiger partial charge in [0.05, 0.1) is 39.6 Å². The molecule has 33 heavy (non-hydrogen) atoms. The van der Waals surface area contributed by atoms with Gasteiger partial charge in [0, 0.05) is 47.0 Å². The van der Waals surface area contributed by atoms with E-state index in [1.807, 2.05) is 6.07 Å². The summed E-state index contributed by atoms with van der Waals surface area (Å²) in [5.41, 5.74) is 9.02. The van der Waals surface area contributed by atoms with Crippen LogP contribution in [0.15, 0.2) is 41.3 Å². The Kier molecular flexibility index (Phi) is 11.8. The Bertz CT molecular complexity index is 858. The molecule has 0 bridgehead atoms. The highest BCUT2D eigenvalue weighted by Gasteiger charge is 2.27. The van der Waals surface area contributed by atoms with E-state index in [4.69, 9.17) is 43.1 Å². The molecular formula is C24H33Cl2N3O3S. The molecule has 0 saturated carbocycles. The van der Waals surface area contributed by atoms with Crippen molar-refractivity contribution in [3.05, 3.63) is 63.1 Å². The number of nitrogens with zero attached hydrogens (tertiary/aromatic N) is 1. The molecule has 3 rings (SSSR count). The van der Waals surface area contributed by atoms with Crippen molar-refractivity contribution in [1.82, 2.24) is 9.62 Å². The Morgan fingerprint density at radius 1 is 1.00 bits per heavy atom. The van der Waals surface area contributed by atoms with Gasteiger partial charge in [-0.1, -0.05) is 35.3 Å². The first-order chi connectivity index (χ1) is 16.1. The molecule has 3 N–H and O–H groups in total. The Morgan fingerprint density at radius 2 is 1.67 bits per heavy atom. The maximum atomic E-state index is 6.48. The number of benzene rings is 2. The van der Waals surface area contributed by atoms with Gasteiger partial charge in [0.25, 0.3) is 0 Å². The molecule has 0 radical (unpaired) electrons. The zero-order valence-electron chi connectivity index (χ0n) is 19.0.